The number of anilines is 2. The maximum absolute atomic E-state index is 2.56. The highest BCUT2D eigenvalue weighted by Gasteiger charge is 2.56. The molecule has 1 atom stereocenters. The number of hydrogen-bond donors (Lipinski definition) is 0. The van der Waals surface area contributed by atoms with Gasteiger partial charge >= 0.3 is 0 Å². The van der Waals surface area contributed by atoms with Crippen LogP contribution in [0.4, 0.5) is 11.4 Å². The third kappa shape index (κ3) is 6.05. The minimum atomic E-state index is -0.286. The number of benzene rings is 9. The average molecular weight is 881 g/mol. The highest BCUT2D eigenvalue weighted by molar-refractivity contribution is 5.96. The van der Waals surface area contributed by atoms with Crippen molar-refractivity contribution in [2.75, 3.05) is 4.90 Å². The smallest absolute Gasteiger partial charge is 0.0541 e. The Morgan fingerprint density at radius 1 is 0.464 bits per heavy atom. The zero-order valence-corrected chi connectivity index (χ0v) is 38.3. The van der Waals surface area contributed by atoms with Gasteiger partial charge in [0.05, 0.1) is 22.3 Å². The first kappa shape index (κ1) is 39.7. The SMILES string of the molecule is C1=CCC2C(=C1)c1ccc(-c3ccccc3N(C3=Cc4c(c5ccccc5n4-c4ccc(-c5ccccc5)cc4)CC3)c3ccc(-c4ccccc4)cc3)cc1C21c2ccccc2-c2ccccc21. The Bertz CT molecular complexity index is 3690. The van der Waals surface area contributed by atoms with Crippen molar-refractivity contribution < 1.29 is 0 Å². The maximum Gasteiger partial charge on any atom is 0.0541 e. The Labute approximate surface area is 404 Å². The molecule has 10 aromatic rings. The first-order valence-electron chi connectivity index (χ1n) is 24.5. The van der Waals surface area contributed by atoms with Crippen molar-refractivity contribution in [3.63, 3.8) is 0 Å². The Morgan fingerprint density at radius 3 is 1.75 bits per heavy atom. The van der Waals surface area contributed by atoms with Gasteiger partial charge < -0.3 is 9.47 Å². The van der Waals surface area contributed by atoms with Crippen molar-refractivity contribution in [2.24, 2.45) is 5.92 Å². The lowest BCUT2D eigenvalue weighted by Gasteiger charge is -2.36. The highest BCUT2D eigenvalue weighted by Crippen LogP contribution is 2.65. The number of hydrogen-bond acceptors (Lipinski definition) is 1. The van der Waals surface area contributed by atoms with E-state index in [-0.39, 0.29) is 5.41 Å². The van der Waals surface area contributed by atoms with Crippen LogP contribution in [0.25, 0.3) is 72.7 Å². The summed E-state index contributed by atoms with van der Waals surface area (Å²) in [6.07, 6.45) is 12.4. The molecule has 14 rings (SSSR count). The summed E-state index contributed by atoms with van der Waals surface area (Å²) in [6, 6.07) is 83.6. The lowest BCUT2D eigenvalue weighted by Crippen LogP contribution is -2.32. The van der Waals surface area contributed by atoms with E-state index in [9.17, 15) is 0 Å². The first-order chi connectivity index (χ1) is 34.2. The number of rotatable bonds is 7. The molecule has 2 heteroatoms. The van der Waals surface area contributed by atoms with Crippen molar-refractivity contribution in [3.8, 4) is 50.2 Å². The maximum atomic E-state index is 2.56. The van der Waals surface area contributed by atoms with E-state index in [0.29, 0.717) is 5.92 Å². The minimum Gasteiger partial charge on any atom is -0.314 e. The molecule has 0 bridgehead atoms. The molecule has 1 heterocycles. The lowest BCUT2D eigenvalue weighted by atomic mass is 9.65. The van der Waals surface area contributed by atoms with Crippen LogP contribution < -0.4 is 4.90 Å². The molecule has 69 heavy (non-hydrogen) atoms. The first-order valence-corrected chi connectivity index (χ1v) is 24.5. The van der Waals surface area contributed by atoms with E-state index in [0.717, 1.165) is 30.6 Å². The molecular formula is C67H48N2. The molecule has 1 unspecified atom stereocenters. The molecule has 0 aliphatic heterocycles. The number of allylic oxidation sites excluding steroid dienone is 5. The van der Waals surface area contributed by atoms with Gasteiger partial charge in [-0.1, -0.05) is 200 Å². The highest BCUT2D eigenvalue weighted by atomic mass is 15.2. The zero-order valence-electron chi connectivity index (χ0n) is 38.3. The molecule has 326 valence electrons. The zero-order chi connectivity index (χ0) is 45.5. The number of aryl methyl sites for hydroxylation is 1. The van der Waals surface area contributed by atoms with Gasteiger partial charge in [0.1, 0.15) is 0 Å². The lowest BCUT2D eigenvalue weighted by molar-refractivity contribution is 0.495. The number of aromatic nitrogens is 1. The Morgan fingerprint density at radius 2 is 1.04 bits per heavy atom. The van der Waals surface area contributed by atoms with Crippen LogP contribution in [0.5, 0.6) is 0 Å². The number of fused-ring (bicyclic) bond motifs is 13. The second kappa shape index (κ2) is 15.8. The minimum absolute atomic E-state index is 0.286. The molecule has 2 nitrogen and oxygen atoms in total. The standard InChI is InChI=1S/C67H48N2/c1-3-17-45(18-4-1)47-31-36-50(37-32-47)68(52-40-42-59-58-25-11-16-30-65(58)69(66(59)44-52)51-38-33-48(34-39-51)46-19-5-2-6-20-46)64-29-15-10-21-53(64)49-35-41-57-56-24-9-14-28-62(56)67(63(57)43-49)60-26-12-7-22-54(60)55-23-8-13-27-61(55)67/h1-27,29-39,41,43-44,62H,28,40,42H2. The summed E-state index contributed by atoms with van der Waals surface area (Å²) in [4.78, 5) is 2.56. The second-order valence-corrected chi connectivity index (χ2v) is 19.0. The van der Waals surface area contributed by atoms with E-state index in [4.69, 9.17) is 0 Å². The summed E-state index contributed by atoms with van der Waals surface area (Å²) in [7, 11) is 0. The predicted molar refractivity (Wildman–Crippen MR) is 288 cm³/mol. The van der Waals surface area contributed by atoms with Gasteiger partial charge in [-0.2, -0.15) is 0 Å². The summed E-state index contributed by atoms with van der Waals surface area (Å²) >= 11 is 0. The predicted octanol–water partition coefficient (Wildman–Crippen LogP) is 17.0. The van der Waals surface area contributed by atoms with Gasteiger partial charge in [-0.05, 0) is 140 Å². The molecule has 1 aromatic heterocycles. The van der Waals surface area contributed by atoms with E-state index < -0.39 is 0 Å². The van der Waals surface area contributed by atoms with Crippen molar-refractivity contribution in [2.45, 2.75) is 24.7 Å². The number of para-hydroxylation sites is 2. The Balaban J connectivity index is 0.959. The summed E-state index contributed by atoms with van der Waals surface area (Å²) in [5.41, 5.74) is 25.5. The van der Waals surface area contributed by atoms with Crippen LogP contribution in [0, 0.1) is 5.92 Å². The van der Waals surface area contributed by atoms with Crippen LogP contribution in [0.3, 0.4) is 0 Å². The van der Waals surface area contributed by atoms with Crippen LogP contribution in [0.1, 0.15) is 46.4 Å². The molecule has 9 aromatic carbocycles. The fourth-order valence-electron chi connectivity index (χ4n) is 12.6. The summed E-state index contributed by atoms with van der Waals surface area (Å²) < 4.78 is 2.49. The van der Waals surface area contributed by atoms with Crippen LogP contribution in [-0.4, -0.2) is 4.57 Å². The normalized spacial score (nSPS) is 15.7. The molecule has 1 spiro atoms. The van der Waals surface area contributed by atoms with Gasteiger partial charge in [0.25, 0.3) is 0 Å². The Kier molecular flexibility index (Phi) is 9.10. The van der Waals surface area contributed by atoms with Gasteiger partial charge in [0, 0.05) is 33.9 Å². The van der Waals surface area contributed by atoms with Crippen LogP contribution in [-0.2, 0) is 11.8 Å². The van der Waals surface area contributed by atoms with Gasteiger partial charge in [-0.25, -0.2) is 0 Å². The van der Waals surface area contributed by atoms with E-state index in [1.165, 1.54) is 106 Å². The summed E-state index contributed by atoms with van der Waals surface area (Å²) in [6.45, 7) is 0. The quantitative estimate of drug-likeness (QED) is 0.155. The molecule has 4 aliphatic carbocycles. The molecule has 0 radical (unpaired) electrons. The van der Waals surface area contributed by atoms with Crippen LogP contribution in [0.15, 0.2) is 248 Å². The number of nitrogens with zero attached hydrogens (tertiary/aromatic N) is 2. The molecular weight excluding hydrogens is 833 g/mol. The largest absolute Gasteiger partial charge is 0.314 e. The van der Waals surface area contributed by atoms with Gasteiger partial charge in [0.15, 0.2) is 0 Å². The van der Waals surface area contributed by atoms with Crippen molar-refractivity contribution in [1.82, 2.24) is 4.57 Å². The molecule has 4 aliphatic rings. The van der Waals surface area contributed by atoms with E-state index >= 15 is 0 Å². The topological polar surface area (TPSA) is 8.17 Å². The second-order valence-electron chi connectivity index (χ2n) is 19.0. The van der Waals surface area contributed by atoms with Crippen molar-refractivity contribution in [3.05, 3.63) is 282 Å². The molecule has 0 saturated heterocycles. The molecule has 0 amide bonds. The van der Waals surface area contributed by atoms with E-state index in [2.05, 4.69) is 258 Å². The average Bonchev–Trinajstić information content (AvgIpc) is 4.03. The van der Waals surface area contributed by atoms with Gasteiger partial charge in [-0.3, -0.25) is 0 Å². The third-order valence-electron chi connectivity index (χ3n) is 15.6. The summed E-state index contributed by atoms with van der Waals surface area (Å²) in [5.74, 6) is 0.315. The fourth-order valence-corrected chi connectivity index (χ4v) is 12.6. The van der Waals surface area contributed by atoms with E-state index in [1.54, 1.807) is 0 Å². The van der Waals surface area contributed by atoms with E-state index in [1.807, 2.05) is 0 Å². The third-order valence-corrected chi connectivity index (χ3v) is 15.6. The van der Waals surface area contributed by atoms with Gasteiger partial charge in [0.2, 0.25) is 0 Å². The van der Waals surface area contributed by atoms with Crippen LogP contribution in [0.2, 0.25) is 0 Å². The molecule has 0 saturated carbocycles. The van der Waals surface area contributed by atoms with Gasteiger partial charge in [-0.15, -0.1) is 0 Å². The molecule has 0 N–H and O–H groups in total. The fraction of sp³-hybridized carbons (Fsp3) is 0.0746. The van der Waals surface area contributed by atoms with Crippen LogP contribution >= 0.6 is 0 Å². The summed E-state index contributed by atoms with van der Waals surface area (Å²) in [5, 5.41) is 1.32. The monoisotopic (exact) mass is 880 g/mol. The Hall–Kier alpha value is -8.46. The van der Waals surface area contributed by atoms with Crippen molar-refractivity contribution in [1.29, 1.82) is 0 Å². The molecule has 0 fully saturated rings. The van der Waals surface area contributed by atoms with Crippen molar-refractivity contribution >= 4 is 33.9 Å².